The lowest BCUT2D eigenvalue weighted by molar-refractivity contribution is 0.414. The first-order valence-electron chi connectivity index (χ1n) is 6.39. The molecule has 1 fully saturated rings. The number of hydrogen-bond donors (Lipinski definition) is 2. The Morgan fingerprint density at radius 1 is 1.60 bits per heavy atom. The van der Waals surface area contributed by atoms with E-state index in [1.165, 1.54) is 0 Å². The van der Waals surface area contributed by atoms with Crippen LogP contribution < -0.4 is 11.1 Å². The van der Waals surface area contributed by atoms with Gasteiger partial charge in [0.15, 0.2) is 9.84 Å². The van der Waals surface area contributed by atoms with Crippen LogP contribution in [0.25, 0.3) is 0 Å². The van der Waals surface area contributed by atoms with Gasteiger partial charge in [0.05, 0.1) is 11.4 Å². The third-order valence-corrected chi connectivity index (χ3v) is 6.40. The van der Waals surface area contributed by atoms with Crippen LogP contribution in [0.4, 0.5) is 10.7 Å². The molecule has 20 heavy (non-hydrogen) atoms. The van der Waals surface area contributed by atoms with Crippen molar-refractivity contribution in [3.63, 3.8) is 0 Å². The van der Waals surface area contributed by atoms with Gasteiger partial charge in [-0.05, 0) is 20.0 Å². The summed E-state index contributed by atoms with van der Waals surface area (Å²) in [6, 6.07) is 2.15. The topological polar surface area (TPSA) is 99.2 Å². The fourth-order valence-electron chi connectivity index (χ4n) is 2.30. The molecule has 1 saturated heterocycles. The van der Waals surface area contributed by atoms with E-state index in [-0.39, 0.29) is 27.3 Å². The van der Waals surface area contributed by atoms with Gasteiger partial charge in [-0.3, -0.25) is 0 Å². The summed E-state index contributed by atoms with van der Waals surface area (Å²) in [6.07, 6.45) is 0.946. The Labute approximate surface area is 123 Å². The molecule has 110 valence electrons. The van der Waals surface area contributed by atoms with E-state index in [2.05, 4.69) is 10.2 Å². The van der Waals surface area contributed by atoms with Crippen molar-refractivity contribution in [2.75, 3.05) is 36.9 Å². The number of hydrogen-bond acceptors (Lipinski definition) is 7. The van der Waals surface area contributed by atoms with Crippen molar-refractivity contribution in [1.29, 1.82) is 5.26 Å². The average Bonchev–Trinajstić information content (AvgIpc) is 2.94. The van der Waals surface area contributed by atoms with E-state index in [0.29, 0.717) is 5.00 Å². The second kappa shape index (κ2) is 5.60. The first kappa shape index (κ1) is 15.1. The maximum Gasteiger partial charge on any atom is 0.183 e. The van der Waals surface area contributed by atoms with Crippen molar-refractivity contribution in [1.82, 2.24) is 4.90 Å². The van der Waals surface area contributed by atoms with E-state index in [1.807, 2.05) is 13.1 Å². The average molecular weight is 314 g/mol. The zero-order chi connectivity index (χ0) is 14.9. The standard InChI is InChI=1S/C12H18N4O2S2/c1-3-20(17,18)11-10(14)9(6-13)19-12(11)15-8-4-5-16(2)7-8/h8,15H,3-5,7,14H2,1-2H3. The molecule has 1 aromatic heterocycles. The summed E-state index contributed by atoms with van der Waals surface area (Å²) >= 11 is 1.12. The van der Waals surface area contributed by atoms with Crippen LogP contribution in [0.3, 0.4) is 0 Å². The first-order chi connectivity index (χ1) is 9.39. The Balaban J connectivity index is 2.40. The number of rotatable bonds is 4. The van der Waals surface area contributed by atoms with Crippen LogP contribution in [-0.4, -0.2) is 45.2 Å². The van der Waals surface area contributed by atoms with E-state index >= 15 is 0 Å². The third kappa shape index (κ3) is 2.75. The monoisotopic (exact) mass is 314 g/mol. The van der Waals surface area contributed by atoms with Gasteiger partial charge in [0.2, 0.25) is 0 Å². The smallest absolute Gasteiger partial charge is 0.183 e. The van der Waals surface area contributed by atoms with Gasteiger partial charge in [0.25, 0.3) is 0 Å². The Hall–Kier alpha value is -1.30. The summed E-state index contributed by atoms with van der Waals surface area (Å²) in [7, 11) is -1.42. The summed E-state index contributed by atoms with van der Waals surface area (Å²) in [6.45, 7) is 3.40. The number of sulfone groups is 1. The highest BCUT2D eigenvalue weighted by Crippen LogP contribution is 2.40. The minimum Gasteiger partial charge on any atom is -0.396 e. The molecule has 1 aliphatic heterocycles. The largest absolute Gasteiger partial charge is 0.396 e. The van der Waals surface area contributed by atoms with E-state index in [4.69, 9.17) is 11.0 Å². The molecule has 2 heterocycles. The van der Waals surface area contributed by atoms with Crippen LogP contribution in [0, 0.1) is 11.3 Å². The number of nitrogens with zero attached hydrogens (tertiary/aromatic N) is 2. The number of nitrogens with one attached hydrogen (secondary N) is 1. The molecular weight excluding hydrogens is 296 g/mol. The van der Waals surface area contributed by atoms with Crippen LogP contribution in [-0.2, 0) is 9.84 Å². The number of anilines is 2. The SMILES string of the molecule is CCS(=O)(=O)c1c(NC2CCN(C)C2)sc(C#N)c1N. The number of likely N-dealkylation sites (tertiary alicyclic amines) is 1. The molecule has 0 aromatic carbocycles. The zero-order valence-corrected chi connectivity index (χ0v) is 13.1. The first-order valence-corrected chi connectivity index (χ1v) is 8.86. The van der Waals surface area contributed by atoms with E-state index in [9.17, 15) is 8.42 Å². The Kier molecular flexibility index (Phi) is 4.22. The molecule has 3 N–H and O–H groups in total. The van der Waals surface area contributed by atoms with Crippen LogP contribution in [0.1, 0.15) is 18.2 Å². The van der Waals surface area contributed by atoms with Gasteiger partial charge in [-0.2, -0.15) is 5.26 Å². The summed E-state index contributed by atoms with van der Waals surface area (Å²) in [5, 5.41) is 12.8. The molecule has 1 aromatic rings. The Bertz CT molecular complexity index is 645. The lowest BCUT2D eigenvalue weighted by Crippen LogP contribution is -2.24. The van der Waals surface area contributed by atoms with Gasteiger partial charge in [-0.15, -0.1) is 11.3 Å². The van der Waals surface area contributed by atoms with Crippen molar-refractivity contribution >= 4 is 31.9 Å². The summed E-state index contributed by atoms with van der Waals surface area (Å²) in [5.74, 6) is -0.0297. The molecule has 0 aliphatic carbocycles. The Morgan fingerprint density at radius 3 is 2.80 bits per heavy atom. The molecule has 0 amide bonds. The highest BCUT2D eigenvalue weighted by Gasteiger charge is 2.28. The van der Waals surface area contributed by atoms with Crippen molar-refractivity contribution in [2.45, 2.75) is 24.3 Å². The van der Waals surface area contributed by atoms with Crippen LogP contribution >= 0.6 is 11.3 Å². The lowest BCUT2D eigenvalue weighted by Gasteiger charge is -2.14. The predicted molar refractivity (Wildman–Crippen MR) is 80.7 cm³/mol. The van der Waals surface area contributed by atoms with Crippen molar-refractivity contribution in [3.8, 4) is 6.07 Å². The summed E-state index contributed by atoms with van der Waals surface area (Å²) < 4.78 is 24.4. The summed E-state index contributed by atoms with van der Waals surface area (Å²) in [5.41, 5.74) is 5.91. The van der Waals surface area contributed by atoms with Crippen LogP contribution in [0.15, 0.2) is 4.90 Å². The van der Waals surface area contributed by atoms with Crippen molar-refractivity contribution < 1.29 is 8.42 Å². The number of thiophene rings is 1. The second-order valence-electron chi connectivity index (χ2n) is 4.91. The highest BCUT2D eigenvalue weighted by molar-refractivity contribution is 7.91. The fraction of sp³-hybridized carbons (Fsp3) is 0.583. The number of likely N-dealkylation sites (N-methyl/N-ethyl adjacent to an activating group) is 1. The number of nitrogen functional groups attached to an aromatic ring is 1. The zero-order valence-electron chi connectivity index (χ0n) is 11.5. The van der Waals surface area contributed by atoms with Crippen molar-refractivity contribution in [2.24, 2.45) is 0 Å². The lowest BCUT2D eigenvalue weighted by atomic mass is 10.2. The normalized spacial score (nSPS) is 19.9. The van der Waals surface area contributed by atoms with Gasteiger partial charge in [0, 0.05) is 12.6 Å². The summed E-state index contributed by atoms with van der Waals surface area (Å²) in [4.78, 5) is 2.52. The van der Waals surface area contributed by atoms with Gasteiger partial charge in [-0.25, -0.2) is 8.42 Å². The van der Waals surface area contributed by atoms with E-state index in [0.717, 1.165) is 30.8 Å². The minimum absolute atomic E-state index is 0.0297. The highest BCUT2D eigenvalue weighted by atomic mass is 32.2. The fourth-order valence-corrected chi connectivity index (χ4v) is 4.83. The molecule has 0 saturated carbocycles. The minimum atomic E-state index is -3.45. The third-order valence-electron chi connectivity index (χ3n) is 3.42. The second-order valence-corrected chi connectivity index (χ2v) is 8.15. The molecule has 1 unspecified atom stereocenters. The maximum atomic E-state index is 12.2. The molecule has 1 atom stereocenters. The van der Waals surface area contributed by atoms with Gasteiger partial charge >= 0.3 is 0 Å². The molecular formula is C12H18N4O2S2. The van der Waals surface area contributed by atoms with Crippen LogP contribution in [0.2, 0.25) is 0 Å². The van der Waals surface area contributed by atoms with Crippen LogP contribution in [0.5, 0.6) is 0 Å². The van der Waals surface area contributed by atoms with Gasteiger partial charge in [0.1, 0.15) is 20.8 Å². The molecule has 1 aliphatic rings. The van der Waals surface area contributed by atoms with E-state index in [1.54, 1.807) is 6.92 Å². The van der Waals surface area contributed by atoms with E-state index < -0.39 is 9.84 Å². The molecule has 8 heteroatoms. The molecule has 6 nitrogen and oxygen atoms in total. The van der Waals surface area contributed by atoms with Gasteiger partial charge < -0.3 is 16.0 Å². The molecule has 0 bridgehead atoms. The predicted octanol–water partition coefficient (Wildman–Crippen LogP) is 1.11. The molecule has 0 radical (unpaired) electrons. The maximum absolute atomic E-state index is 12.2. The quantitative estimate of drug-likeness (QED) is 0.863. The Morgan fingerprint density at radius 2 is 2.30 bits per heavy atom. The number of nitrogens with two attached hydrogens (primary N) is 1. The molecule has 0 spiro atoms. The number of nitriles is 1. The van der Waals surface area contributed by atoms with Crippen molar-refractivity contribution in [3.05, 3.63) is 4.88 Å². The molecule has 2 rings (SSSR count). The van der Waals surface area contributed by atoms with Gasteiger partial charge in [-0.1, -0.05) is 6.92 Å².